The van der Waals surface area contributed by atoms with Crippen LogP contribution in [0, 0.1) is 0 Å². The van der Waals surface area contributed by atoms with Crippen LogP contribution in [0.15, 0.2) is 35.3 Å². The molecular weight excluding hydrogens is 302 g/mol. The Labute approximate surface area is 141 Å². The van der Waals surface area contributed by atoms with E-state index in [-0.39, 0.29) is 17.1 Å². The van der Waals surface area contributed by atoms with Gasteiger partial charge < -0.3 is 14.6 Å². The zero-order chi connectivity index (χ0) is 16.7. The number of fused-ring (bicyclic) bond motifs is 1. The molecule has 0 amide bonds. The SMILES string of the molecule is CC(C)c1cnc(N2CCC3(CC2)Cc2ccccc2O3)c(=O)[nH]1. The van der Waals surface area contributed by atoms with Crippen LogP contribution in [-0.4, -0.2) is 28.7 Å². The van der Waals surface area contributed by atoms with Crippen molar-refractivity contribution >= 4 is 5.82 Å². The molecule has 0 unspecified atom stereocenters. The average molecular weight is 325 g/mol. The van der Waals surface area contributed by atoms with Crippen molar-refractivity contribution in [2.24, 2.45) is 0 Å². The molecule has 1 saturated heterocycles. The number of hydrogen-bond donors (Lipinski definition) is 1. The van der Waals surface area contributed by atoms with Crippen LogP contribution in [0.4, 0.5) is 5.82 Å². The van der Waals surface area contributed by atoms with Crippen LogP contribution in [0.5, 0.6) is 5.75 Å². The summed E-state index contributed by atoms with van der Waals surface area (Å²) in [5.74, 6) is 1.82. The molecule has 1 N–H and O–H groups in total. The van der Waals surface area contributed by atoms with Gasteiger partial charge in [0.25, 0.3) is 5.56 Å². The van der Waals surface area contributed by atoms with Gasteiger partial charge in [-0.3, -0.25) is 4.79 Å². The van der Waals surface area contributed by atoms with Gasteiger partial charge in [-0.05, 0) is 17.5 Å². The predicted molar refractivity (Wildman–Crippen MR) is 93.9 cm³/mol. The second kappa shape index (κ2) is 5.65. The number of anilines is 1. The Hall–Kier alpha value is -2.30. The summed E-state index contributed by atoms with van der Waals surface area (Å²) in [4.78, 5) is 21.8. The summed E-state index contributed by atoms with van der Waals surface area (Å²) >= 11 is 0. The first kappa shape index (κ1) is 15.2. The number of H-pyrrole nitrogens is 1. The number of para-hydroxylation sites is 1. The monoisotopic (exact) mass is 325 g/mol. The molecule has 0 bridgehead atoms. The molecule has 0 aliphatic carbocycles. The quantitative estimate of drug-likeness (QED) is 0.922. The van der Waals surface area contributed by atoms with Crippen molar-refractivity contribution in [2.45, 2.75) is 44.6 Å². The Morgan fingerprint density at radius 2 is 2.00 bits per heavy atom. The van der Waals surface area contributed by atoms with Crippen LogP contribution in [-0.2, 0) is 6.42 Å². The number of hydrogen-bond acceptors (Lipinski definition) is 4. The van der Waals surface area contributed by atoms with Gasteiger partial charge in [-0.15, -0.1) is 0 Å². The van der Waals surface area contributed by atoms with Gasteiger partial charge in [-0.2, -0.15) is 0 Å². The summed E-state index contributed by atoms with van der Waals surface area (Å²) in [6.07, 6.45) is 4.57. The number of benzene rings is 1. The van der Waals surface area contributed by atoms with Crippen LogP contribution in [0.2, 0.25) is 0 Å². The zero-order valence-corrected chi connectivity index (χ0v) is 14.2. The maximum atomic E-state index is 12.3. The van der Waals surface area contributed by atoms with Crippen LogP contribution in [0.1, 0.15) is 43.9 Å². The number of aromatic nitrogens is 2. The summed E-state index contributed by atoms with van der Waals surface area (Å²) in [5, 5.41) is 0. The number of nitrogens with one attached hydrogen (secondary N) is 1. The topological polar surface area (TPSA) is 58.2 Å². The minimum absolute atomic E-state index is 0.0900. The van der Waals surface area contributed by atoms with E-state index in [1.165, 1.54) is 5.56 Å². The van der Waals surface area contributed by atoms with Crippen molar-refractivity contribution in [3.05, 3.63) is 52.1 Å². The summed E-state index contributed by atoms with van der Waals surface area (Å²) in [6.45, 7) is 5.69. The third kappa shape index (κ3) is 2.58. The molecule has 2 aliphatic rings. The molecule has 3 heterocycles. The molecule has 1 fully saturated rings. The average Bonchev–Trinajstić information content (AvgIpc) is 2.93. The molecular formula is C19H23N3O2. The van der Waals surface area contributed by atoms with Crippen LogP contribution in [0.25, 0.3) is 0 Å². The Kier molecular flexibility index (Phi) is 3.59. The first-order valence-corrected chi connectivity index (χ1v) is 8.67. The number of nitrogens with zero attached hydrogens (tertiary/aromatic N) is 2. The fourth-order valence-corrected chi connectivity index (χ4v) is 3.70. The van der Waals surface area contributed by atoms with E-state index in [0.717, 1.165) is 43.8 Å². The lowest BCUT2D eigenvalue weighted by molar-refractivity contribution is 0.0666. The number of rotatable bonds is 2. The van der Waals surface area contributed by atoms with Crippen molar-refractivity contribution < 1.29 is 4.74 Å². The van der Waals surface area contributed by atoms with E-state index >= 15 is 0 Å². The lowest BCUT2D eigenvalue weighted by atomic mass is 9.87. The smallest absolute Gasteiger partial charge is 0.291 e. The van der Waals surface area contributed by atoms with Crippen molar-refractivity contribution in [1.82, 2.24) is 9.97 Å². The van der Waals surface area contributed by atoms with Gasteiger partial charge in [0.1, 0.15) is 11.4 Å². The molecule has 0 atom stereocenters. The second-order valence-electron chi connectivity index (χ2n) is 7.20. The van der Waals surface area contributed by atoms with E-state index in [1.54, 1.807) is 6.20 Å². The Morgan fingerprint density at radius 1 is 1.25 bits per heavy atom. The fraction of sp³-hybridized carbons (Fsp3) is 0.474. The minimum atomic E-state index is -0.106. The first-order valence-electron chi connectivity index (χ1n) is 8.67. The van der Waals surface area contributed by atoms with E-state index < -0.39 is 0 Å². The largest absolute Gasteiger partial charge is 0.487 e. The normalized spacial score (nSPS) is 18.7. The lowest BCUT2D eigenvalue weighted by Gasteiger charge is -2.38. The maximum absolute atomic E-state index is 12.3. The number of ether oxygens (including phenoxy) is 1. The highest BCUT2D eigenvalue weighted by Gasteiger charge is 2.42. The van der Waals surface area contributed by atoms with Gasteiger partial charge in [0, 0.05) is 44.2 Å². The van der Waals surface area contributed by atoms with Crippen LogP contribution < -0.4 is 15.2 Å². The standard InChI is InChI=1S/C19H23N3O2/c1-13(2)15-12-20-17(18(23)21-15)22-9-7-19(8-10-22)11-14-5-3-4-6-16(14)24-19/h3-6,12-13H,7-11H2,1-2H3,(H,21,23). The van der Waals surface area contributed by atoms with E-state index in [0.29, 0.717) is 5.82 Å². The molecule has 2 aromatic rings. The maximum Gasteiger partial charge on any atom is 0.291 e. The molecule has 2 aliphatic heterocycles. The number of piperidine rings is 1. The molecule has 0 saturated carbocycles. The van der Waals surface area contributed by atoms with E-state index in [1.807, 2.05) is 26.0 Å². The van der Waals surface area contributed by atoms with Gasteiger partial charge in [0.15, 0.2) is 5.82 Å². The summed E-state index contributed by atoms with van der Waals surface area (Å²) in [5.41, 5.74) is 1.98. The van der Waals surface area contributed by atoms with Gasteiger partial charge in [-0.1, -0.05) is 32.0 Å². The molecule has 126 valence electrons. The lowest BCUT2D eigenvalue weighted by Crippen LogP contribution is -2.48. The van der Waals surface area contributed by atoms with E-state index in [9.17, 15) is 4.79 Å². The van der Waals surface area contributed by atoms with Gasteiger partial charge in [0.2, 0.25) is 0 Å². The van der Waals surface area contributed by atoms with Crippen molar-refractivity contribution in [3.8, 4) is 5.75 Å². The molecule has 4 rings (SSSR count). The minimum Gasteiger partial charge on any atom is -0.487 e. The van der Waals surface area contributed by atoms with Gasteiger partial charge >= 0.3 is 0 Å². The molecule has 5 heteroatoms. The first-order chi connectivity index (χ1) is 11.6. The van der Waals surface area contributed by atoms with Crippen LogP contribution >= 0.6 is 0 Å². The van der Waals surface area contributed by atoms with E-state index in [4.69, 9.17) is 4.74 Å². The Balaban J connectivity index is 1.49. The summed E-state index contributed by atoms with van der Waals surface area (Å²) < 4.78 is 6.27. The fourth-order valence-electron chi connectivity index (χ4n) is 3.70. The third-order valence-corrected chi connectivity index (χ3v) is 5.19. The predicted octanol–water partition coefficient (Wildman–Crippen LogP) is 2.87. The molecule has 0 radical (unpaired) electrons. The molecule has 24 heavy (non-hydrogen) atoms. The van der Waals surface area contributed by atoms with E-state index in [2.05, 4.69) is 27.0 Å². The zero-order valence-electron chi connectivity index (χ0n) is 14.2. The molecule has 1 aromatic heterocycles. The molecule has 5 nitrogen and oxygen atoms in total. The highest BCUT2D eigenvalue weighted by atomic mass is 16.5. The molecule has 1 spiro atoms. The Bertz CT molecular complexity index is 777. The van der Waals surface area contributed by atoms with Crippen molar-refractivity contribution in [2.75, 3.05) is 18.0 Å². The van der Waals surface area contributed by atoms with Gasteiger partial charge in [0.05, 0.1) is 0 Å². The summed E-state index contributed by atoms with van der Waals surface area (Å²) in [6, 6.07) is 8.28. The molecule has 1 aromatic carbocycles. The highest BCUT2D eigenvalue weighted by molar-refractivity contribution is 5.42. The third-order valence-electron chi connectivity index (χ3n) is 5.19. The number of aromatic amines is 1. The highest BCUT2D eigenvalue weighted by Crippen LogP contribution is 2.41. The Morgan fingerprint density at radius 3 is 2.67 bits per heavy atom. The second-order valence-corrected chi connectivity index (χ2v) is 7.20. The van der Waals surface area contributed by atoms with Crippen molar-refractivity contribution in [1.29, 1.82) is 0 Å². The van der Waals surface area contributed by atoms with Gasteiger partial charge in [-0.25, -0.2) is 4.98 Å². The summed E-state index contributed by atoms with van der Waals surface area (Å²) in [7, 11) is 0. The van der Waals surface area contributed by atoms with Crippen molar-refractivity contribution in [3.63, 3.8) is 0 Å². The van der Waals surface area contributed by atoms with Crippen LogP contribution in [0.3, 0.4) is 0 Å².